The van der Waals surface area contributed by atoms with E-state index in [1.165, 1.54) is 0 Å². The van der Waals surface area contributed by atoms with Gasteiger partial charge in [0.1, 0.15) is 0 Å². The smallest absolute Gasteiger partial charge is 0.235 e. The van der Waals surface area contributed by atoms with Gasteiger partial charge in [-0.25, -0.2) is 27.3 Å². The second-order valence-electron chi connectivity index (χ2n) is 2.18. The molecule has 0 heterocycles. The van der Waals surface area contributed by atoms with Gasteiger partial charge >= 0.3 is 0 Å². The lowest BCUT2D eigenvalue weighted by atomic mass is 10.2. The van der Waals surface area contributed by atoms with Crippen molar-refractivity contribution >= 4 is 11.4 Å². The number of hydrogen-bond donors (Lipinski definition) is 0. The first-order chi connectivity index (χ1) is 6.54. The van der Waals surface area contributed by atoms with Crippen molar-refractivity contribution in [3.63, 3.8) is 0 Å². The van der Waals surface area contributed by atoms with E-state index in [0.29, 0.717) is 0 Å². The first-order valence-corrected chi connectivity index (χ1v) is 3.15. The molecular weight excluding hydrogens is 200 g/mol. The molecule has 0 aromatic heterocycles. The first kappa shape index (κ1) is 10.0. The average Bonchev–Trinajstić information content (AvgIpc) is 2.20. The Hall–Kier alpha value is -2.08. The molecule has 0 unspecified atom stereocenters. The Morgan fingerprint density at radius 3 is 1.14 bits per heavy atom. The van der Waals surface area contributed by atoms with Gasteiger partial charge in [0.15, 0.2) is 23.3 Å². The third kappa shape index (κ3) is 1.17. The van der Waals surface area contributed by atoms with Crippen LogP contribution >= 0.6 is 0 Å². The molecule has 0 saturated carbocycles. The molecule has 0 amide bonds. The van der Waals surface area contributed by atoms with E-state index >= 15 is 0 Å². The number of rotatable bonds is 0. The third-order valence-corrected chi connectivity index (χ3v) is 1.44. The zero-order valence-electron chi connectivity index (χ0n) is 6.41. The lowest BCUT2D eigenvalue weighted by Gasteiger charge is -2.02. The maximum atomic E-state index is 12.8. The molecule has 0 atom stereocenters. The minimum atomic E-state index is -2.08. The van der Waals surface area contributed by atoms with Crippen molar-refractivity contribution in [2.45, 2.75) is 0 Å². The van der Waals surface area contributed by atoms with Crippen LogP contribution in [0.25, 0.3) is 9.69 Å². The van der Waals surface area contributed by atoms with Gasteiger partial charge in [0, 0.05) is 0 Å². The predicted octanol–water partition coefficient (Wildman–Crippen LogP) is 3.34. The van der Waals surface area contributed by atoms with Gasteiger partial charge < -0.3 is 0 Å². The van der Waals surface area contributed by atoms with Gasteiger partial charge in [0.05, 0.1) is 13.1 Å². The van der Waals surface area contributed by atoms with Crippen LogP contribution in [-0.2, 0) is 0 Å². The fraction of sp³-hybridized carbons (Fsp3) is 0. The first-order valence-electron chi connectivity index (χ1n) is 3.15. The van der Waals surface area contributed by atoms with Crippen LogP contribution in [-0.4, -0.2) is 0 Å². The van der Waals surface area contributed by atoms with Crippen molar-refractivity contribution in [2.24, 2.45) is 0 Å². The van der Waals surface area contributed by atoms with Crippen molar-refractivity contribution in [3.05, 3.63) is 46.1 Å². The number of halogens is 4. The van der Waals surface area contributed by atoms with Gasteiger partial charge in [-0.15, -0.1) is 0 Å². The Labute approximate surface area is 76.0 Å². The number of nitrogens with zero attached hydrogens (tertiary/aromatic N) is 2. The summed E-state index contributed by atoms with van der Waals surface area (Å²) in [7, 11) is 0. The Morgan fingerprint density at radius 1 is 0.643 bits per heavy atom. The summed E-state index contributed by atoms with van der Waals surface area (Å²) < 4.78 is 50.5. The minimum absolute atomic E-state index is 1.14. The van der Waals surface area contributed by atoms with E-state index in [1.54, 1.807) is 0 Å². The summed E-state index contributed by atoms with van der Waals surface area (Å²) in [6, 6.07) is 0. The van der Waals surface area contributed by atoms with E-state index < -0.39 is 34.6 Å². The second-order valence-corrected chi connectivity index (χ2v) is 2.18. The topological polar surface area (TPSA) is 8.72 Å². The van der Waals surface area contributed by atoms with Crippen molar-refractivity contribution in [2.75, 3.05) is 0 Å². The summed E-state index contributed by atoms with van der Waals surface area (Å²) in [5.74, 6) is -7.85. The third-order valence-electron chi connectivity index (χ3n) is 1.44. The van der Waals surface area contributed by atoms with Crippen molar-refractivity contribution in [1.82, 2.24) is 0 Å². The lowest BCUT2D eigenvalue weighted by Crippen LogP contribution is -1.95. The molecule has 0 fully saturated rings. The highest BCUT2D eigenvalue weighted by Crippen LogP contribution is 2.37. The van der Waals surface area contributed by atoms with E-state index in [9.17, 15) is 17.6 Å². The Kier molecular flexibility index (Phi) is 2.39. The van der Waals surface area contributed by atoms with E-state index in [0.717, 1.165) is 0 Å². The largest absolute Gasteiger partial charge is 0.247 e. The van der Waals surface area contributed by atoms with Gasteiger partial charge in [-0.3, -0.25) is 0 Å². The van der Waals surface area contributed by atoms with Crippen LogP contribution in [0.3, 0.4) is 0 Å². The molecule has 0 aliphatic rings. The zero-order chi connectivity index (χ0) is 10.9. The minimum Gasteiger partial charge on any atom is -0.247 e. The molecule has 2 nitrogen and oxygen atoms in total. The molecule has 1 aromatic rings. The highest BCUT2D eigenvalue weighted by Gasteiger charge is 2.25. The van der Waals surface area contributed by atoms with Gasteiger partial charge in [0.2, 0.25) is 11.4 Å². The maximum Gasteiger partial charge on any atom is 0.235 e. The summed E-state index contributed by atoms with van der Waals surface area (Å²) in [6.07, 6.45) is 0. The molecule has 14 heavy (non-hydrogen) atoms. The standard InChI is InChI=1S/C8F4N2/c1-13-7-5(11)3(9)4(10)6(12)8(7)14-2. The Morgan fingerprint density at radius 2 is 0.929 bits per heavy atom. The molecule has 0 radical (unpaired) electrons. The Balaban J connectivity index is 3.79. The summed E-state index contributed by atoms with van der Waals surface area (Å²) in [5, 5.41) is 0. The molecule has 1 aromatic carbocycles. The van der Waals surface area contributed by atoms with Crippen molar-refractivity contribution in [3.8, 4) is 0 Å². The second kappa shape index (κ2) is 3.35. The van der Waals surface area contributed by atoms with Crippen molar-refractivity contribution in [1.29, 1.82) is 0 Å². The normalized spacial score (nSPS) is 9.29. The van der Waals surface area contributed by atoms with Crippen LogP contribution in [0.2, 0.25) is 0 Å². The van der Waals surface area contributed by atoms with Gasteiger partial charge in [-0.2, -0.15) is 0 Å². The van der Waals surface area contributed by atoms with Crippen LogP contribution in [0.5, 0.6) is 0 Å². The molecule has 70 valence electrons. The molecule has 0 aliphatic carbocycles. The van der Waals surface area contributed by atoms with E-state index in [2.05, 4.69) is 9.69 Å². The van der Waals surface area contributed by atoms with E-state index in [-0.39, 0.29) is 0 Å². The van der Waals surface area contributed by atoms with Gasteiger partial charge in [-0.05, 0) is 0 Å². The van der Waals surface area contributed by atoms with Gasteiger partial charge in [0.25, 0.3) is 0 Å². The summed E-state index contributed by atoms with van der Waals surface area (Å²) in [6.45, 7) is 12.8. The zero-order valence-corrected chi connectivity index (χ0v) is 6.41. The predicted molar refractivity (Wildman–Crippen MR) is 38.8 cm³/mol. The SMILES string of the molecule is [C-]#[N+]c1c(F)c(F)c(F)c(F)c1[N+]#[C-]. The van der Waals surface area contributed by atoms with Crippen LogP contribution < -0.4 is 0 Å². The molecule has 0 spiro atoms. The summed E-state index contributed by atoms with van der Waals surface area (Å²) in [4.78, 5) is 4.84. The van der Waals surface area contributed by atoms with Crippen LogP contribution in [0.4, 0.5) is 28.9 Å². The summed E-state index contributed by atoms with van der Waals surface area (Å²) in [5.41, 5.74) is -2.28. The molecule has 6 heteroatoms. The Bertz CT molecular complexity index is 437. The molecule has 1 rings (SSSR count). The number of benzene rings is 1. The van der Waals surface area contributed by atoms with Crippen molar-refractivity contribution < 1.29 is 17.6 Å². The average molecular weight is 200 g/mol. The fourth-order valence-electron chi connectivity index (χ4n) is 0.813. The maximum absolute atomic E-state index is 12.8. The summed E-state index contributed by atoms with van der Waals surface area (Å²) >= 11 is 0. The highest BCUT2D eigenvalue weighted by atomic mass is 19.2. The quantitative estimate of drug-likeness (QED) is 0.263. The van der Waals surface area contributed by atoms with Gasteiger partial charge in [-0.1, -0.05) is 0 Å². The monoisotopic (exact) mass is 200 g/mol. The van der Waals surface area contributed by atoms with Crippen LogP contribution in [0.1, 0.15) is 0 Å². The molecule has 0 saturated heterocycles. The molecule has 0 aliphatic heterocycles. The number of hydrogen-bond acceptors (Lipinski definition) is 0. The highest BCUT2D eigenvalue weighted by molar-refractivity contribution is 5.72. The molecule has 0 N–H and O–H groups in total. The lowest BCUT2D eigenvalue weighted by molar-refractivity contribution is 0.414. The van der Waals surface area contributed by atoms with Crippen LogP contribution in [0.15, 0.2) is 0 Å². The van der Waals surface area contributed by atoms with E-state index in [4.69, 9.17) is 13.1 Å². The fourth-order valence-corrected chi connectivity index (χ4v) is 0.813. The van der Waals surface area contributed by atoms with Crippen LogP contribution in [0, 0.1) is 36.4 Å². The van der Waals surface area contributed by atoms with E-state index in [1.807, 2.05) is 0 Å². The molecule has 0 bridgehead atoms. The molecular formula is C8F4N2.